The second-order valence-electron chi connectivity index (χ2n) is 7.65. The predicted octanol–water partition coefficient (Wildman–Crippen LogP) is 4.38. The molecule has 0 radical (unpaired) electrons. The van der Waals surface area contributed by atoms with Crippen molar-refractivity contribution in [3.63, 3.8) is 0 Å². The van der Waals surface area contributed by atoms with Gasteiger partial charge in [0.1, 0.15) is 11.0 Å². The summed E-state index contributed by atoms with van der Waals surface area (Å²) in [4.78, 5) is 24.7. The fourth-order valence-corrected chi connectivity index (χ4v) is 3.47. The first-order valence-corrected chi connectivity index (χ1v) is 10.4. The van der Waals surface area contributed by atoms with Gasteiger partial charge >= 0.3 is 0 Å². The number of hydrogen-bond donors (Lipinski definition) is 2. The summed E-state index contributed by atoms with van der Waals surface area (Å²) >= 11 is 5.28. The number of hydrogen-bond acceptors (Lipinski definition) is 6. The summed E-state index contributed by atoms with van der Waals surface area (Å²) in [6.45, 7) is 5.51. The van der Waals surface area contributed by atoms with Gasteiger partial charge in [-0.15, -0.1) is 10.2 Å². The molecule has 1 amide bonds. The minimum absolute atomic E-state index is 0.0663. The Morgan fingerprint density at radius 2 is 1.64 bits per heavy atom. The molecular formula is C23H20N6O3S. The first-order chi connectivity index (χ1) is 15.7. The maximum absolute atomic E-state index is 12.5. The lowest BCUT2D eigenvalue weighted by Gasteiger charge is -2.12. The van der Waals surface area contributed by atoms with E-state index in [4.69, 9.17) is 12.2 Å². The van der Waals surface area contributed by atoms with Crippen LogP contribution in [0.25, 0.3) is 16.7 Å². The summed E-state index contributed by atoms with van der Waals surface area (Å²) in [5.41, 5.74) is 5.39. The molecule has 33 heavy (non-hydrogen) atoms. The zero-order valence-corrected chi connectivity index (χ0v) is 18.9. The lowest BCUT2D eigenvalue weighted by Crippen LogP contribution is -2.34. The molecule has 0 fully saturated rings. The average Bonchev–Trinajstić information content (AvgIpc) is 3.17. The molecule has 0 saturated carbocycles. The van der Waals surface area contributed by atoms with Gasteiger partial charge in [-0.1, -0.05) is 23.8 Å². The number of anilines is 1. The highest BCUT2D eigenvalue weighted by Gasteiger charge is 2.16. The van der Waals surface area contributed by atoms with Crippen molar-refractivity contribution in [2.24, 2.45) is 0 Å². The van der Waals surface area contributed by atoms with Crippen molar-refractivity contribution in [1.82, 2.24) is 20.3 Å². The Morgan fingerprint density at radius 3 is 2.30 bits per heavy atom. The van der Waals surface area contributed by atoms with E-state index in [0.29, 0.717) is 16.8 Å². The van der Waals surface area contributed by atoms with Gasteiger partial charge in [-0.25, -0.2) is 0 Å². The number of amides is 1. The summed E-state index contributed by atoms with van der Waals surface area (Å²) in [6, 6.07) is 15.8. The van der Waals surface area contributed by atoms with E-state index in [2.05, 4.69) is 20.8 Å². The molecule has 1 heterocycles. The first kappa shape index (κ1) is 22.0. The molecule has 0 aliphatic heterocycles. The quantitative estimate of drug-likeness (QED) is 0.264. The van der Waals surface area contributed by atoms with Crippen molar-refractivity contribution in [2.75, 3.05) is 5.32 Å². The molecule has 10 heteroatoms. The highest BCUT2D eigenvalue weighted by molar-refractivity contribution is 7.80. The molecule has 0 spiro atoms. The smallest absolute Gasteiger partial charge is 0.273 e. The number of nitrogens with one attached hydrogen (secondary N) is 2. The number of nitrogens with zero attached hydrogens (tertiary/aromatic N) is 4. The van der Waals surface area contributed by atoms with Crippen LogP contribution >= 0.6 is 12.2 Å². The van der Waals surface area contributed by atoms with Gasteiger partial charge in [-0.05, 0) is 68.9 Å². The van der Waals surface area contributed by atoms with Crippen LogP contribution in [0.3, 0.4) is 0 Å². The molecule has 4 rings (SSSR count). The van der Waals surface area contributed by atoms with E-state index >= 15 is 0 Å². The van der Waals surface area contributed by atoms with Crippen LogP contribution in [-0.4, -0.2) is 30.9 Å². The molecule has 0 unspecified atom stereocenters. The lowest BCUT2D eigenvalue weighted by molar-refractivity contribution is -0.385. The largest absolute Gasteiger partial charge is 0.332 e. The number of aromatic nitrogens is 3. The Balaban J connectivity index is 1.52. The van der Waals surface area contributed by atoms with Crippen molar-refractivity contribution in [3.05, 3.63) is 87.0 Å². The summed E-state index contributed by atoms with van der Waals surface area (Å²) in [7, 11) is 0. The van der Waals surface area contributed by atoms with Crippen LogP contribution in [0, 0.1) is 30.9 Å². The standard InChI is InChI=1S/C23H20N6O3S/c1-13-4-8-17(9-5-13)28-26-19-10-15(3)18(12-20(19)27-28)24-23(33)25-22(30)16-7-6-14(2)21(11-16)29(31)32/h4-12H,1-3H3,(H2,24,25,30,33). The number of fused-ring (bicyclic) bond motifs is 1. The van der Waals surface area contributed by atoms with Gasteiger partial charge < -0.3 is 5.32 Å². The monoisotopic (exact) mass is 460 g/mol. The van der Waals surface area contributed by atoms with Crippen molar-refractivity contribution < 1.29 is 9.72 Å². The molecule has 3 aromatic carbocycles. The minimum atomic E-state index is -0.542. The maximum Gasteiger partial charge on any atom is 0.273 e. The van der Waals surface area contributed by atoms with Crippen LogP contribution in [0.2, 0.25) is 0 Å². The zero-order valence-electron chi connectivity index (χ0n) is 18.1. The van der Waals surface area contributed by atoms with E-state index in [1.165, 1.54) is 18.2 Å². The van der Waals surface area contributed by atoms with Crippen molar-refractivity contribution in [3.8, 4) is 5.69 Å². The second kappa shape index (κ2) is 8.75. The predicted molar refractivity (Wildman–Crippen MR) is 130 cm³/mol. The van der Waals surface area contributed by atoms with E-state index in [-0.39, 0.29) is 16.4 Å². The van der Waals surface area contributed by atoms with E-state index in [1.807, 2.05) is 44.2 Å². The van der Waals surface area contributed by atoms with Crippen molar-refractivity contribution in [1.29, 1.82) is 0 Å². The highest BCUT2D eigenvalue weighted by atomic mass is 32.1. The average molecular weight is 461 g/mol. The van der Waals surface area contributed by atoms with Gasteiger partial charge in [0.2, 0.25) is 0 Å². The third kappa shape index (κ3) is 4.70. The van der Waals surface area contributed by atoms with E-state index in [9.17, 15) is 14.9 Å². The number of aryl methyl sites for hydroxylation is 3. The fourth-order valence-electron chi connectivity index (χ4n) is 3.27. The SMILES string of the molecule is Cc1ccc(-n2nc3cc(C)c(NC(=S)NC(=O)c4ccc(C)c([N+](=O)[O-])c4)cc3n2)cc1. The Bertz CT molecular complexity index is 1410. The summed E-state index contributed by atoms with van der Waals surface area (Å²) in [5, 5.41) is 25.8. The van der Waals surface area contributed by atoms with Gasteiger partial charge in [0.15, 0.2) is 5.11 Å². The summed E-state index contributed by atoms with van der Waals surface area (Å²) in [6.07, 6.45) is 0. The Morgan fingerprint density at radius 1 is 0.970 bits per heavy atom. The number of nitro groups is 1. The molecule has 4 aromatic rings. The third-order valence-electron chi connectivity index (χ3n) is 5.13. The van der Waals surface area contributed by atoms with E-state index in [0.717, 1.165) is 22.3 Å². The van der Waals surface area contributed by atoms with Gasteiger partial charge in [0.25, 0.3) is 11.6 Å². The molecule has 0 aliphatic carbocycles. The lowest BCUT2D eigenvalue weighted by atomic mass is 10.1. The van der Waals surface area contributed by atoms with E-state index < -0.39 is 10.8 Å². The molecule has 2 N–H and O–H groups in total. The molecule has 1 aromatic heterocycles. The maximum atomic E-state index is 12.5. The number of nitro benzene ring substituents is 1. The zero-order chi connectivity index (χ0) is 23.7. The second-order valence-corrected chi connectivity index (χ2v) is 8.06. The Hall–Kier alpha value is -4.18. The molecule has 0 atom stereocenters. The molecule has 0 saturated heterocycles. The number of thiocarbonyl (C=S) groups is 1. The Kier molecular flexibility index (Phi) is 5.84. The van der Waals surface area contributed by atoms with Crippen LogP contribution in [0.4, 0.5) is 11.4 Å². The van der Waals surface area contributed by atoms with Crippen molar-refractivity contribution >= 4 is 45.6 Å². The van der Waals surface area contributed by atoms with E-state index in [1.54, 1.807) is 17.8 Å². The van der Waals surface area contributed by atoms with Gasteiger partial charge in [-0.3, -0.25) is 20.2 Å². The van der Waals surface area contributed by atoms with Crippen LogP contribution in [0.1, 0.15) is 27.0 Å². The third-order valence-corrected chi connectivity index (χ3v) is 5.34. The van der Waals surface area contributed by atoms with Crippen LogP contribution < -0.4 is 10.6 Å². The van der Waals surface area contributed by atoms with Gasteiger partial charge in [-0.2, -0.15) is 4.80 Å². The minimum Gasteiger partial charge on any atom is -0.332 e. The first-order valence-electron chi connectivity index (χ1n) is 10.0. The molecule has 9 nitrogen and oxygen atoms in total. The Labute approximate surface area is 194 Å². The van der Waals surface area contributed by atoms with Crippen molar-refractivity contribution in [2.45, 2.75) is 20.8 Å². The highest BCUT2D eigenvalue weighted by Crippen LogP contribution is 2.23. The van der Waals surface area contributed by atoms with Gasteiger partial charge in [0.05, 0.1) is 10.6 Å². The topological polar surface area (TPSA) is 115 Å². The normalized spacial score (nSPS) is 10.8. The number of benzene rings is 3. The van der Waals surface area contributed by atoms with Crippen LogP contribution in [0.15, 0.2) is 54.6 Å². The number of carbonyl (C=O) groups is 1. The molecule has 0 bridgehead atoms. The molecular weight excluding hydrogens is 440 g/mol. The molecule has 166 valence electrons. The summed E-state index contributed by atoms with van der Waals surface area (Å²) < 4.78 is 0. The fraction of sp³-hybridized carbons (Fsp3) is 0.130. The number of carbonyl (C=O) groups excluding carboxylic acids is 1. The number of rotatable bonds is 4. The summed E-state index contributed by atoms with van der Waals surface area (Å²) in [5.74, 6) is -0.542. The van der Waals surface area contributed by atoms with Crippen LogP contribution in [-0.2, 0) is 0 Å². The van der Waals surface area contributed by atoms with Crippen LogP contribution in [0.5, 0.6) is 0 Å². The van der Waals surface area contributed by atoms with Gasteiger partial charge in [0, 0.05) is 22.9 Å². The molecule has 0 aliphatic rings.